The number of aliphatic hydroxyl groups excluding tert-OH is 2. The van der Waals surface area contributed by atoms with Crippen LogP contribution in [0, 0.1) is 17.1 Å². The molecule has 6 heteroatoms. The molecule has 0 amide bonds. The molecular weight excluding hydrogens is 235 g/mol. The van der Waals surface area contributed by atoms with Crippen LogP contribution in [-0.4, -0.2) is 16.3 Å². The van der Waals surface area contributed by atoms with Crippen LogP contribution in [0.25, 0.3) is 0 Å². The van der Waals surface area contributed by atoms with Gasteiger partial charge in [0.15, 0.2) is 0 Å². The number of halogens is 2. The summed E-state index contributed by atoms with van der Waals surface area (Å²) in [6, 6.07) is 3.95. The molecule has 0 radical (unpaired) electrons. The Morgan fingerprint density at radius 1 is 1.50 bits per heavy atom. The highest BCUT2D eigenvalue weighted by Crippen LogP contribution is 2.29. The SMILES string of the molecule is N#CCC(O)C(O)c1cc(Cl)cc(F)c1N. The average molecular weight is 245 g/mol. The molecule has 2 atom stereocenters. The maximum Gasteiger partial charge on any atom is 0.147 e. The molecule has 0 saturated heterocycles. The van der Waals surface area contributed by atoms with Crippen LogP contribution in [0.1, 0.15) is 18.1 Å². The van der Waals surface area contributed by atoms with E-state index in [0.29, 0.717) is 0 Å². The molecule has 0 heterocycles. The maximum absolute atomic E-state index is 13.2. The first-order chi connectivity index (χ1) is 7.47. The van der Waals surface area contributed by atoms with Gasteiger partial charge in [-0.05, 0) is 12.1 Å². The van der Waals surface area contributed by atoms with Crippen molar-refractivity contribution in [1.82, 2.24) is 0 Å². The van der Waals surface area contributed by atoms with Gasteiger partial charge in [0.25, 0.3) is 0 Å². The largest absolute Gasteiger partial charge is 0.396 e. The van der Waals surface area contributed by atoms with E-state index >= 15 is 0 Å². The fourth-order valence-electron chi connectivity index (χ4n) is 1.26. The normalized spacial score (nSPS) is 14.2. The number of hydrogen-bond acceptors (Lipinski definition) is 4. The molecule has 86 valence electrons. The van der Waals surface area contributed by atoms with E-state index in [1.807, 2.05) is 0 Å². The molecule has 0 aliphatic rings. The molecule has 16 heavy (non-hydrogen) atoms. The van der Waals surface area contributed by atoms with Crippen molar-refractivity contribution in [2.75, 3.05) is 5.73 Å². The van der Waals surface area contributed by atoms with Gasteiger partial charge in [0.05, 0.1) is 24.3 Å². The van der Waals surface area contributed by atoms with E-state index in [1.54, 1.807) is 6.07 Å². The minimum Gasteiger partial charge on any atom is -0.396 e. The molecule has 1 aromatic carbocycles. The lowest BCUT2D eigenvalue weighted by Crippen LogP contribution is -2.19. The number of nitrogen functional groups attached to an aromatic ring is 1. The summed E-state index contributed by atoms with van der Waals surface area (Å²) in [4.78, 5) is 0. The Morgan fingerprint density at radius 2 is 2.12 bits per heavy atom. The fraction of sp³-hybridized carbons (Fsp3) is 0.300. The third-order valence-electron chi connectivity index (χ3n) is 2.11. The third-order valence-corrected chi connectivity index (χ3v) is 2.33. The minimum absolute atomic E-state index is 0.0206. The lowest BCUT2D eigenvalue weighted by molar-refractivity contribution is 0.0219. The van der Waals surface area contributed by atoms with Gasteiger partial charge in [-0.2, -0.15) is 5.26 Å². The summed E-state index contributed by atoms with van der Waals surface area (Å²) in [5, 5.41) is 27.4. The van der Waals surface area contributed by atoms with Crippen molar-refractivity contribution in [3.8, 4) is 6.07 Å². The Hall–Kier alpha value is -1.35. The molecule has 0 aliphatic carbocycles. The summed E-state index contributed by atoms with van der Waals surface area (Å²) in [6.07, 6.45) is -3.05. The lowest BCUT2D eigenvalue weighted by atomic mass is 10.0. The van der Waals surface area contributed by atoms with Crippen LogP contribution in [0.15, 0.2) is 12.1 Å². The van der Waals surface area contributed by atoms with Gasteiger partial charge in [0, 0.05) is 10.6 Å². The summed E-state index contributed by atoms with van der Waals surface area (Å²) in [6.45, 7) is 0. The van der Waals surface area contributed by atoms with Crippen LogP contribution in [0.3, 0.4) is 0 Å². The van der Waals surface area contributed by atoms with Crippen molar-refractivity contribution >= 4 is 17.3 Å². The van der Waals surface area contributed by atoms with E-state index in [0.717, 1.165) is 6.07 Å². The molecule has 0 fully saturated rings. The molecule has 0 bridgehead atoms. The highest BCUT2D eigenvalue weighted by Gasteiger charge is 2.22. The Kier molecular flexibility index (Phi) is 4.07. The first-order valence-corrected chi connectivity index (χ1v) is 4.82. The van der Waals surface area contributed by atoms with Gasteiger partial charge in [-0.1, -0.05) is 11.6 Å². The standard InChI is InChI=1S/C10H10ClFN2O2/c11-5-3-6(9(14)7(12)4-5)10(16)8(15)1-2-13/h3-4,8,10,15-16H,1,14H2. The van der Waals surface area contributed by atoms with Crippen molar-refractivity contribution in [2.45, 2.75) is 18.6 Å². The quantitative estimate of drug-likeness (QED) is 0.701. The van der Waals surface area contributed by atoms with Crippen LogP contribution in [0.2, 0.25) is 5.02 Å². The number of nitrogens with zero attached hydrogens (tertiary/aromatic N) is 1. The number of aliphatic hydroxyl groups is 2. The zero-order valence-corrected chi connectivity index (χ0v) is 8.95. The summed E-state index contributed by atoms with van der Waals surface area (Å²) in [5.74, 6) is -0.772. The molecule has 4 N–H and O–H groups in total. The highest BCUT2D eigenvalue weighted by atomic mass is 35.5. The topological polar surface area (TPSA) is 90.3 Å². The molecule has 0 aromatic heterocycles. The van der Waals surface area contributed by atoms with E-state index in [2.05, 4.69) is 0 Å². The van der Waals surface area contributed by atoms with Crippen molar-refractivity contribution < 1.29 is 14.6 Å². The second kappa shape index (κ2) is 5.12. The fourth-order valence-corrected chi connectivity index (χ4v) is 1.48. The summed E-state index contributed by atoms with van der Waals surface area (Å²) < 4.78 is 13.2. The molecule has 0 aliphatic heterocycles. The van der Waals surface area contributed by atoms with Gasteiger partial charge in [-0.25, -0.2) is 4.39 Å². The van der Waals surface area contributed by atoms with Crippen molar-refractivity contribution in [3.05, 3.63) is 28.5 Å². The Morgan fingerprint density at radius 3 is 2.69 bits per heavy atom. The second-order valence-electron chi connectivity index (χ2n) is 3.26. The highest BCUT2D eigenvalue weighted by molar-refractivity contribution is 6.30. The number of nitriles is 1. The van der Waals surface area contributed by atoms with Crippen molar-refractivity contribution in [1.29, 1.82) is 5.26 Å². The van der Waals surface area contributed by atoms with Crippen molar-refractivity contribution in [2.24, 2.45) is 0 Å². The van der Waals surface area contributed by atoms with Crippen LogP contribution >= 0.6 is 11.6 Å². The summed E-state index contributed by atoms with van der Waals surface area (Å²) in [7, 11) is 0. The van der Waals surface area contributed by atoms with Gasteiger partial charge in [-0.3, -0.25) is 0 Å². The molecule has 2 unspecified atom stereocenters. The zero-order chi connectivity index (χ0) is 12.3. The number of nitrogens with two attached hydrogens (primary N) is 1. The number of rotatable bonds is 3. The second-order valence-corrected chi connectivity index (χ2v) is 3.70. The van der Waals surface area contributed by atoms with Crippen LogP contribution < -0.4 is 5.73 Å². The van der Waals surface area contributed by atoms with E-state index in [9.17, 15) is 14.6 Å². The Balaban J connectivity index is 3.08. The van der Waals surface area contributed by atoms with Crippen molar-refractivity contribution in [3.63, 3.8) is 0 Å². The van der Waals surface area contributed by atoms with Gasteiger partial charge < -0.3 is 15.9 Å². The maximum atomic E-state index is 13.2. The van der Waals surface area contributed by atoms with Crippen LogP contribution in [0.5, 0.6) is 0 Å². The average Bonchev–Trinajstić information content (AvgIpc) is 2.22. The van der Waals surface area contributed by atoms with Crippen LogP contribution in [0.4, 0.5) is 10.1 Å². The molecule has 0 saturated carbocycles. The minimum atomic E-state index is -1.44. The van der Waals surface area contributed by atoms with E-state index in [-0.39, 0.29) is 22.7 Å². The zero-order valence-electron chi connectivity index (χ0n) is 8.19. The number of hydrogen-bond donors (Lipinski definition) is 3. The molecule has 0 spiro atoms. The van der Waals surface area contributed by atoms with Gasteiger partial charge >= 0.3 is 0 Å². The Labute approximate surface area is 96.7 Å². The summed E-state index contributed by atoms with van der Waals surface area (Å²) in [5.41, 5.74) is 5.09. The monoisotopic (exact) mass is 244 g/mol. The van der Waals surface area contributed by atoms with E-state index < -0.39 is 18.0 Å². The van der Waals surface area contributed by atoms with E-state index in [4.69, 9.17) is 22.6 Å². The predicted molar refractivity (Wildman–Crippen MR) is 57.0 cm³/mol. The van der Waals surface area contributed by atoms with E-state index in [1.165, 1.54) is 6.07 Å². The van der Waals surface area contributed by atoms with Crippen LogP contribution in [-0.2, 0) is 0 Å². The Bertz CT molecular complexity index is 434. The third kappa shape index (κ3) is 2.61. The van der Waals surface area contributed by atoms with Gasteiger partial charge in [-0.15, -0.1) is 0 Å². The molecular formula is C10H10ClFN2O2. The smallest absolute Gasteiger partial charge is 0.147 e. The van der Waals surface area contributed by atoms with Gasteiger partial charge in [0.2, 0.25) is 0 Å². The lowest BCUT2D eigenvalue weighted by Gasteiger charge is -2.18. The first-order valence-electron chi connectivity index (χ1n) is 4.45. The molecule has 1 rings (SSSR count). The predicted octanol–water partition coefficient (Wildman–Crippen LogP) is 1.37. The van der Waals surface area contributed by atoms with Gasteiger partial charge in [0.1, 0.15) is 11.9 Å². The summed E-state index contributed by atoms with van der Waals surface area (Å²) >= 11 is 5.59. The number of benzene rings is 1. The molecule has 4 nitrogen and oxygen atoms in total. The molecule has 1 aromatic rings. The first kappa shape index (κ1) is 12.7. The number of anilines is 1.